The Labute approximate surface area is 207 Å². The largest absolute Gasteiger partial charge is 0.496 e. The first-order valence-electron chi connectivity index (χ1n) is 11.8. The number of nitrogens with two attached hydrogens (primary N) is 2. The molecule has 9 nitrogen and oxygen atoms in total. The van der Waals surface area contributed by atoms with Crippen molar-refractivity contribution in [3.8, 4) is 17.0 Å². The van der Waals surface area contributed by atoms with Crippen LogP contribution in [0.1, 0.15) is 38.7 Å². The molecule has 0 radical (unpaired) electrons. The van der Waals surface area contributed by atoms with Crippen LogP contribution in [-0.2, 0) is 11.3 Å². The van der Waals surface area contributed by atoms with Crippen LogP contribution < -0.4 is 21.5 Å². The number of nitrogens with zero attached hydrogens (tertiary/aromatic N) is 2. The maximum absolute atomic E-state index is 14.9. The molecule has 188 valence electrons. The molecule has 2 unspecified atom stereocenters. The van der Waals surface area contributed by atoms with E-state index < -0.39 is 18.1 Å². The van der Waals surface area contributed by atoms with Crippen molar-refractivity contribution in [2.75, 3.05) is 26.1 Å². The normalized spacial score (nSPS) is 22.8. The van der Waals surface area contributed by atoms with Crippen LogP contribution in [0.15, 0.2) is 48.5 Å². The molecule has 2 aliphatic rings. The Morgan fingerprint density at radius 2 is 1.94 bits per heavy atom. The van der Waals surface area contributed by atoms with Gasteiger partial charge < -0.3 is 26.3 Å². The zero-order valence-electron chi connectivity index (χ0n) is 19.8. The summed E-state index contributed by atoms with van der Waals surface area (Å²) < 4.78 is 27.0. The number of anilines is 1. The van der Waals surface area contributed by atoms with Crippen LogP contribution in [0.25, 0.3) is 11.3 Å². The molecule has 2 aromatic carbocycles. The Balaban J connectivity index is 1.35. The second-order valence-corrected chi connectivity index (χ2v) is 9.12. The number of carbonyl (C=O) groups excluding carboxylic acids is 2. The average molecular weight is 494 g/mol. The highest BCUT2D eigenvalue weighted by atomic mass is 19.1. The van der Waals surface area contributed by atoms with Gasteiger partial charge >= 0.3 is 0 Å². The molecule has 4 atom stereocenters. The summed E-state index contributed by atoms with van der Waals surface area (Å²) in [6.07, 6.45) is -0.439. The topological polar surface area (TPSA) is 134 Å². The number of amides is 2. The predicted molar refractivity (Wildman–Crippen MR) is 131 cm³/mol. The van der Waals surface area contributed by atoms with Gasteiger partial charge in [-0.25, -0.2) is 9.07 Å². The van der Waals surface area contributed by atoms with E-state index in [9.17, 15) is 14.0 Å². The standard InChI is InChI=1S/C26H28FN5O4/c1-35-19-5-3-2-4-17(19)26(34)30-12-14-6-8-15(9-7-14)22-20(25(29)33)24(28)32(31-22)23-16-10-11-36-13-18(16)21(23)27/h2-9,16,18,21,23H,10-13,28H2,1H3,(H2,29,33)(H,30,34)/t16?,18-,21?,23-/m0/s1. The third-order valence-corrected chi connectivity index (χ3v) is 7.14. The van der Waals surface area contributed by atoms with Crippen molar-refractivity contribution in [2.24, 2.45) is 17.6 Å². The van der Waals surface area contributed by atoms with E-state index in [1.54, 1.807) is 36.4 Å². The van der Waals surface area contributed by atoms with E-state index in [0.29, 0.717) is 42.2 Å². The van der Waals surface area contributed by atoms with Crippen molar-refractivity contribution in [3.05, 3.63) is 65.2 Å². The molecule has 1 aromatic heterocycles. The fourth-order valence-electron chi connectivity index (χ4n) is 5.20. The van der Waals surface area contributed by atoms with Crippen LogP contribution in [0, 0.1) is 11.8 Å². The molecule has 1 aliphatic heterocycles. The second-order valence-electron chi connectivity index (χ2n) is 9.12. The van der Waals surface area contributed by atoms with Crippen molar-refractivity contribution in [1.29, 1.82) is 0 Å². The highest BCUT2D eigenvalue weighted by molar-refractivity contribution is 6.03. The number of primary amides is 1. The summed E-state index contributed by atoms with van der Waals surface area (Å²) in [6, 6.07) is 13.6. The van der Waals surface area contributed by atoms with E-state index in [2.05, 4.69) is 10.4 Å². The molecule has 5 N–H and O–H groups in total. The van der Waals surface area contributed by atoms with Crippen LogP contribution in [0.4, 0.5) is 10.2 Å². The molecule has 2 amide bonds. The first-order chi connectivity index (χ1) is 17.4. The van der Waals surface area contributed by atoms with Crippen molar-refractivity contribution in [3.63, 3.8) is 0 Å². The highest BCUT2D eigenvalue weighted by Gasteiger charge is 2.54. The number of carbonyl (C=O) groups is 2. The number of alkyl halides is 1. The summed E-state index contributed by atoms with van der Waals surface area (Å²) in [5, 5.41) is 7.42. The zero-order valence-corrected chi connectivity index (χ0v) is 19.8. The number of aromatic nitrogens is 2. The maximum atomic E-state index is 14.9. The van der Waals surface area contributed by atoms with Gasteiger partial charge in [-0.1, -0.05) is 36.4 Å². The van der Waals surface area contributed by atoms with Gasteiger partial charge in [0.25, 0.3) is 11.8 Å². The van der Waals surface area contributed by atoms with E-state index in [0.717, 1.165) is 5.56 Å². The second kappa shape index (κ2) is 9.62. The molecule has 36 heavy (non-hydrogen) atoms. The molecule has 10 heteroatoms. The quantitative estimate of drug-likeness (QED) is 0.463. The number of hydrogen-bond donors (Lipinski definition) is 3. The van der Waals surface area contributed by atoms with E-state index in [1.807, 2.05) is 12.1 Å². The number of hydrogen-bond acceptors (Lipinski definition) is 6. The third-order valence-electron chi connectivity index (χ3n) is 7.14. The van der Waals surface area contributed by atoms with Gasteiger partial charge in [0, 0.05) is 24.6 Å². The molecule has 1 saturated carbocycles. The van der Waals surface area contributed by atoms with Crippen LogP contribution >= 0.6 is 0 Å². The lowest BCUT2D eigenvalue weighted by atomic mass is 9.65. The van der Waals surface area contributed by atoms with Crippen LogP contribution in [0.2, 0.25) is 0 Å². The van der Waals surface area contributed by atoms with Gasteiger partial charge in [-0.05, 0) is 30.0 Å². The molecular formula is C26H28FN5O4. The molecule has 2 fully saturated rings. The molecule has 1 saturated heterocycles. The zero-order chi connectivity index (χ0) is 25.4. The molecule has 0 bridgehead atoms. The SMILES string of the molecule is COc1ccccc1C(=O)NCc1ccc(-c2nn([C@@H]3C(F)[C@H]4COCCC43)c(N)c2C(N)=O)cc1. The Hall–Kier alpha value is -3.92. The van der Waals surface area contributed by atoms with Crippen molar-refractivity contribution >= 4 is 17.6 Å². The Bertz CT molecular complexity index is 1290. The van der Waals surface area contributed by atoms with Crippen LogP contribution in [0.5, 0.6) is 5.75 Å². The van der Waals surface area contributed by atoms with Crippen molar-refractivity contribution in [2.45, 2.75) is 25.2 Å². The van der Waals surface area contributed by atoms with Gasteiger partial charge in [-0.3, -0.25) is 9.59 Å². The van der Waals surface area contributed by atoms with Crippen molar-refractivity contribution < 1.29 is 23.5 Å². The molecule has 5 rings (SSSR count). The summed E-state index contributed by atoms with van der Waals surface area (Å²) in [5.41, 5.74) is 14.2. The number of nitrogens with one attached hydrogen (secondary N) is 1. The van der Waals surface area contributed by atoms with Gasteiger partial charge in [0.05, 0.1) is 25.3 Å². The number of para-hydroxylation sites is 1. The number of nitrogen functional groups attached to an aromatic ring is 1. The average Bonchev–Trinajstić information content (AvgIpc) is 3.23. The number of methoxy groups -OCH3 is 1. The van der Waals surface area contributed by atoms with Gasteiger partial charge in [-0.15, -0.1) is 0 Å². The van der Waals surface area contributed by atoms with Gasteiger partial charge in [0.2, 0.25) is 0 Å². The molecule has 3 aromatic rings. The Morgan fingerprint density at radius 3 is 2.67 bits per heavy atom. The molecular weight excluding hydrogens is 465 g/mol. The summed E-state index contributed by atoms with van der Waals surface area (Å²) >= 11 is 0. The highest BCUT2D eigenvalue weighted by Crippen LogP contribution is 2.51. The van der Waals surface area contributed by atoms with Gasteiger partial charge in [-0.2, -0.15) is 5.10 Å². The van der Waals surface area contributed by atoms with E-state index >= 15 is 0 Å². The fourth-order valence-corrected chi connectivity index (χ4v) is 5.20. The Kier molecular flexibility index (Phi) is 6.36. The number of ether oxygens (including phenoxy) is 2. The monoisotopic (exact) mass is 493 g/mol. The third kappa shape index (κ3) is 4.07. The minimum absolute atomic E-state index is 0.0544. The predicted octanol–water partition coefficient (Wildman–Crippen LogP) is 2.72. The lowest BCUT2D eigenvalue weighted by Crippen LogP contribution is -2.54. The lowest BCUT2D eigenvalue weighted by molar-refractivity contribution is -0.128. The molecule has 0 spiro atoms. The summed E-state index contributed by atoms with van der Waals surface area (Å²) in [5.74, 6) is -0.543. The summed E-state index contributed by atoms with van der Waals surface area (Å²) in [7, 11) is 1.51. The van der Waals surface area contributed by atoms with Crippen molar-refractivity contribution in [1.82, 2.24) is 15.1 Å². The first kappa shape index (κ1) is 23.8. The molecule has 1 aliphatic carbocycles. The number of benzene rings is 2. The van der Waals surface area contributed by atoms with Crippen LogP contribution in [0.3, 0.4) is 0 Å². The van der Waals surface area contributed by atoms with E-state index in [1.165, 1.54) is 11.8 Å². The van der Waals surface area contributed by atoms with Gasteiger partial charge in [0.15, 0.2) is 0 Å². The smallest absolute Gasteiger partial charge is 0.255 e. The summed E-state index contributed by atoms with van der Waals surface area (Å²) in [6.45, 7) is 1.23. The Morgan fingerprint density at radius 1 is 1.19 bits per heavy atom. The minimum atomic E-state index is -1.15. The fraction of sp³-hybridized carbons (Fsp3) is 0.346. The van der Waals surface area contributed by atoms with E-state index in [-0.39, 0.29) is 35.7 Å². The number of rotatable bonds is 7. The first-order valence-corrected chi connectivity index (χ1v) is 11.8. The maximum Gasteiger partial charge on any atom is 0.255 e. The molecule has 2 heterocycles. The number of fused-ring (bicyclic) bond motifs is 1. The van der Waals surface area contributed by atoms with E-state index in [4.69, 9.17) is 20.9 Å². The number of halogens is 1. The van der Waals surface area contributed by atoms with Gasteiger partial charge in [0.1, 0.15) is 29.0 Å². The van der Waals surface area contributed by atoms with Crippen LogP contribution in [-0.4, -0.2) is 48.1 Å². The lowest BCUT2D eigenvalue weighted by Gasteiger charge is -2.50. The summed E-state index contributed by atoms with van der Waals surface area (Å²) in [4.78, 5) is 24.8. The minimum Gasteiger partial charge on any atom is -0.496 e.